The van der Waals surface area contributed by atoms with Crippen LogP contribution in [-0.2, 0) is 0 Å². The maximum absolute atomic E-state index is 12.6. The fourth-order valence-electron chi connectivity index (χ4n) is 3.60. The number of hydrogen-bond acceptors (Lipinski definition) is 5. The first kappa shape index (κ1) is 17.2. The van der Waals surface area contributed by atoms with Gasteiger partial charge in [0.05, 0.1) is 4.88 Å². The molecule has 1 fully saturated rings. The number of amides is 1. The molecular formula is C19H23N5OS. The third kappa shape index (κ3) is 3.50. The Morgan fingerprint density at radius 1 is 1.31 bits per heavy atom. The van der Waals surface area contributed by atoms with Gasteiger partial charge in [0, 0.05) is 23.2 Å². The standard InChI is InChI=1S/C19H23N5OS/c1-12(2)11-24-9-3-4-16(24)17-7-8-18(26-17)19(25)20-13-5-6-14-15(10-13)22-23-21-14/h5-8,10,12,16H,3-4,9,11H2,1-2H3,(H,20,25)(H,21,22,23)/t16-/m0/s1. The molecule has 4 rings (SSSR count). The highest BCUT2D eigenvalue weighted by Gasteiger charge is 2.28. The average Bonchev–Trinajstić information content (AvgIpc) is 3.33. The van der Waals surface area contributed by atoms with E-state index in [0.717, 1.165) is 34.7 Å². The first-order chi connectivity index (χ1) is 12.6. The number of fused-ring (bicyclic) bond motifs is 1. The van der Waals surface area contributed by atoms with Crippen molar-refractivity contribution in [2.75, 3.05) is 18.4 Å². The van der Waals surface area contributed by atoms with Gasteiger partial charge in [-0.3, -0.25) is 9.69 Å². The number of rotatable bonds is 5. The molecule has 7 heteroatoms. The zero-order chi connectivity index (χ0) is 18.1. The first-order valence-electron chi connectivity index (χ1n) is 9.06. The summed E-state index contributed by atoms with van der Waals surface area (Å²) >= 11 is 1.61. The second-order valence-electron chi connectivity index (χ2n) is 7.23. The molecule has 1 aliphatic rings. The minimum absolute atomic E-state index is 0.0718. The summed E-state index contributed by atoms with van der Waals surface area (Å²) in [7, 11) is 0. The van der Waals surface area contributed by atoms with Crippen LogP contribution in [0, 0.1) is 5.92 Å². The van der Waals surface area contributed by atoms with E-state index in [1.807, 2.05) is 24.3 Å². The minimum atomic E-state index is -0.0718. The van der Waals surface area contributed by atoms with E-state index >= 15 is 0 Å². The van der Waals surface area contributed by atoms with E-state index in [2.05, 4.69) is 45.5 Å². The average molecular weight is 369 g/mol. The van der Waals surface area contributed by atoms with Crippen molar-refractivity contribution in [1.29, 1.82) is 0 Å². The van der Waals surface area contributed by atoms with Crippen molar-refractivity contribution < 1.29 is 4.79 Å². The Labute approximate surface area is 156 Å². The zero-order valence-electron chi connectivity index (χ0n) is 15.0. The SMILES string of the molecule is CC(C)CN1CCC[C@H]1c1ccc(C(=O)Nc2ccc3n[nH]nc3c2)s1. The van der Waals surface area contributed by atoms with Gasteiger partial charge in [0.15, 0.2) is 0 Å². The van der Waals surface area contributed by atoms with Gasteiger partial charge in [-0.05, 0) is 55.6 Å². The van der Waals surface area contributed by atoms with Crippen LogP contribution in [0.3, 0.4) is 0 Å². The summed E-state index contributed by atoms with van der Waals surface area (Å²) in [6.45, 7) is 6.78. The molecule has 1 saturated heterocycles. The van der Waals surface area contributed by atoms with Crippen molar-refractivity contribution in [3.8, 4) is 0 Å². The second kappa shape index (κ2) is 7.17. The molecule has 0 radical (unpaired) electrons. The van der Waals surface area contributed by atoms with Crippen LogP contribution in [0.25, 0.3) is 11.0 Å². The van der Waals surface area contributed by atoms with Crippen LogP contribution in [-0.4, -0.2) is 39.3 Å². The number of nitrogens with one attached hydrogen (secondary N) is 2. The summed E-state index contributed by atoms with van der Waals surface area (Å²) in [5, 5.41) is 13.6. The van der Waals surface area contributed by atoms with E-state index in [-0.39, 0.29) is 5.91 Å². The molecule has 0 bridgehead atoms. The van der Waals surface area contributed by atoms with E-state index in [4.69, 9.17) is 0 Å². The summed E-state index contributed by atoms with van der Waals surface area (Å²) in [6, 6.07) is 10.0. The van der Waals surface area contributed by atoms with Gasteiger partial charge in [0.2, 0.25) is 0 Å². The van der Waals surface area contributed by atoms with Crippen LogP contribution in [0.4, 0.5) is 5.69 Å². The molecule has 0 aliphatic carbocycles. The largest absolute Gasteiger partial charge is 0.321 e. The van der Waals surface area contributed by atoms with E-state index < -0.39 is 0 Å². The molecule has 3 aromatic rings. The fraction of sp³-hybridized carbons (Fsp3) is 0.421. The quantitative estimate of drug-likeness (QED) is 0.711. The molecule has 1 atom stereocenters. The molecule has 2 aromatic heterocycles. The third-order valence-electron chi connectivity index (χ3n) is 4.72. The number of carbonyl (C=O) groups excluding carboxylic acids is 1. The Balaban J connectivity index is 1.47. The van der Waals surface area contributed by atoms with Crippen LogP contribution in [0.5, 0.6) is 0 Å². The number of thiophene rings is 1. The second-order valence-corrected chi connectivity index (χ2v) is 8.35. The van der Waals surface area contributed by atoms with Crippen LogP contribution < -0.4 is 5.32 Å². The van der Waals surface area contributed by atoms with Crippen LogP contribution in [0.2, 0.25) is 0 Å². The van der Waals surface area contributed by atoms with Crippen molar-refractivity contribution in [3.63, 3.8) is 0 Å². The molecule has 0 saturated carbocycles. The highest BCUT2D eigenvalue weighted by molar-refractivity contribution is 7.14. The Kier molecular flexibility index (Phi) is 4.74. The predicted molar refractivity (Wildman–Crippen MR) is 105 cm³/mol. The van der Waals surface area contributed by atoms with Crippen LogP contribution in [0.1, 0.15) is 47.3 Å². The number of likely N-dealkylation sites (tertiary alicyclic amines) is 1. The van der Waals surface area contributed by atoms with E-state index in [1.165, 1.54) is 17.7 Å². The summed E-state index contributed by atoms with van der Waals surface area (Å²) in [4.78, 5) is 17.2. The van der Waals surface area contributed by atoms with Gasteiger partial charge in [0.1, 0.15) is 11.0 Å². The Bertz CT molecular complexity index is 915. The summed E-state index contributed by atoms with van der Waals surface area (Å²) in [5.74, 6) is 0.585. The number of aromatic nitrogens is 3. The Morgan fingerprint density at radius 2 is 2.15 bits per heavy atom. The lowest BCUT2D eigenvalue weighted by atomic mass is 10.1. The van der Waals surface area contributed by atoms with Gasteiger partial charge in [0.25, 0.3) is 5.91 Å². The highest BCUT2D eigenvalue weighted by atomic mass is 32.1. The molecule has 26 heavy (non-hydrogen) atoms. The Morgan fingerprint density at radius 3 is 3.00 bits per heavy atom. The lowest BCUT2D eigenvalue weighted by Gasteiger charge is -2.25. The van der Waals surface area contributed by atoms with Crippen molar-refractivity contribution in [1.82, 2.24) is 20.3 Å². The molecule has 2 N–H and O–H groups in total. The van der Waals surface area contributed by atoms with Gasteiger partial charge >= 0.3 is 0 Å². The number of carbonyl (C=O) groups is 1. The van der Waals surface area contributed by atoms with Gasteiger partial charge in [-0.15, -0.1) is 11.3 Å². The normalized spacial score (nSPS) is 18.0. The number of hydrogen-bond donors (Lipinski definition) is 2. The molecule has 0 spiro atoms. The molecule has 0 unspecified atom stereocenters. The minimum Gasteiger partial charge on any atom is -0.321 e. The molecule has 1 aromatic carbocycles. The maximum atomic E-state index is 12.6. The van der Waals surface area contributed by atoms with Gasteiger partial charge in [-0.2, -0.15) is 15.4 Å². The summed E-state index contributed by atoms with van der Waals surface area (Å²) in [6.07, 6.45) is 2.41. The van der Waals surface area contributed by atoms with Crippen LogP contribution >= 0.6 is 11.3 Å². The molecule has 1 amide bonds. The third-order valence-corrected chi connectivity index (χ3v) is 5.90. The van der Waals surface area contributed by atoms with Gasteiger partial charge in [-0.1, -0.05) is 13.8 Å². The number of nitrogens with zero attached hydrogens (tertiary/aromatic N) is 3. The van der Waals surface area contributed by atoms with E-state index in [9.17, 15) is 4.79 Å². The number of H-pyrrole nitrogens is 1. The smallest absolute Gasteiger partial charge is 0.265 e. The van der Waals surface area contributed by atoms with Crippen molar-refractivity contribution in [2.24, 2.45) is 5.92 Å². The van der Waals surface area contributed by atoms with Crippen molar-refractivity contribution >= 4 is 34.0 Å². The lowest BCUT2D eigenvalue weighted by Crippen LogP contribution is -2.26. The first-order valence-corrected chi connectivity index (χ1v) is 9.87. The molecule has 3 heterocycles. The zero-order valence-corrected chi connectivity index (χ0v) is 15.8. The summed E-state index contributed by atoms with van der Waals surface area (Å²) in [5.41, 5.74) is 2.26. The Hall–Kier alpha value is -2.25. The fourth-order valence-corrected chi connectivity index (χ4v) is 4.67. The maximum Gasteiger partial charge on any atom is 0.265 e. The topological polar surface area (TPSA) is 73.9 Å². The summed E-state index contributed by atoms with van der Waals surface area (Å²) < 4.78 is 0. The van der Waals surface area contributed by atoms with Crippen molar-refractivity contribution in [3.05, 3.63) is 40.1 Å². The van der Waals surface area contributed by atoms with E-state index in [0.29, 0.717) is 12.0 Å². The lowest BCUT2D eigenvalue weighted by molar-refractivity contribution is 0.103. The van der Waals surface area contributed by atoms with Gasteiger partial charge in [-0.25, -0.2) is 0 Å². The molecular weight excluding hydrogens is 346 g/mol. The van der Waals surface area contributed by atoms with Crippen molar-refractivity contribution in [2.45, 2.75) is 32.7 Å². The number of anilines is 1. The molecule has 1 aliphatic heterocycles. The molecule has 136 valence electrons. The number of benzene rings is 1. The highest BCUT2D eigenvalue weighted by Crippen LogP contribution is 2.36. The monoisotopic (exact) mass is 369 g/mol. The van der Waals surface area contributed by atoms with Crippen LogP contribution in [0.15, 0.2) is 30.3 Å². The van der Waals surface area contributed by atoms with Gasteiger partial charge < -0.3 is 5.32 Å². The van der Waals surface area contributed by atoms with E-state index in [1.54, 1.807) is 11.3 Å². The number of aromatic amines is 1. The molecule has 6 nitrogen and oxygen atoms in total. The predicted octanol–water partition coefficient (Wildman–Crippen LogP) is 4.06.